The van der Waals surface area contributed by atoms with E-state index in [2.05, 4.69) is 0 Å². The van der Waals surface area contributed by atoms with Crippen LogP contribution < -0.4 is 0 Å². The molecule has 0 saturated heterocycles. The van der Waals surface area contributed by atoms with Crippen molar-refractivity contribution in [2.75, 3.05) is 6.61 Å². The molecule has 1 N–H and O–H groups in total. The van der Waals surface area contributed by atoms with E-state index in [0.717, 1.165) is 18.4 Å². The molecule has 0 amide bonds. The van der Waals surface area contributed by atoms with E-state index in [4.69, 9.17) is 4.74 Å². The number of Topliss-reactive ketones (excluding diaryl/α,β-unsaturated/α-hetero) is 1. The molecule has 1 atom stereocenters. The summed E-state index contributed by atoms with van der Waals surface area (Å²) in [5.74, 6) is -1.26. The van der Waals surface area contributed by atoms with Gasteiger partial charge in [-0.3, -0.25) is 9.59 Å². The fourth-order valence-corrected chi connectivity index (χ4v) is 1.82. The lowest BCUT2D eigenvalue weighted by atomic mass is 10.0. The van der Waals surface area contributed by atoms with Crippen molar-refractivity contribution in [1.82, 2.24) is 0 Å². The summed E-state index contributed by atoms with van der Waals surface area (Å²) in [7, 11) is 0. The Hall–Kier alpha value is -1.68. The lowest BCUT2D eigenvalue weighted by molar-refractivity contribution is -0.152. The Bertz CT molecular complexity index is 414. The average Bonchev–Trinajstić information content (AvgIpc) is 2.49. The van der Waals surface area contributed by atoms with Gasteiger partial charge in [-0.15, -0.1) is 0 Å². The molecule has 0 heterocycles. The molecule has 1 aromatic carbocycles. The lowest BCUT2D eigenvalue weighted by Gasteiger charge is -2.13. The van der Waals surface area contributed by atoms with E-state index in [0.29, 0.717) is 6.42 Å². The molecule has 0 aromatic heterocycles. The summed E-state index contributed by atoms with van der Waals surface area (Å²) in [6.45, 7) is 1.82. The number of hydrogen-bond donors (Lipinski definition) is 1. The minimum absolute atomic E-state index is 0.00237. The number of carbonyl (C=O) groups excluding carboxylic acids is 2. The Balaban J connectivity index is 2.40. The predicted octanol–water partition coefficient (Wildman–Crippen LogP) is 2.49. The fourth-order valence-electron chi connectivity index (χ4n) is 1.82. The van der Waals surface area contributed by atoms with Crippen molar-refractivity contribution in [3.05, 3.63) is 35.9 Å². The van der Waals surface area contributed by atoms with Crippen LogP contribution in [0.4, 0.5) is 0 Å². The molecule has 1 aromatic rings. The van der Waals surface area contributed by atoms with Gasteiger partial charge in [0.25, 0.3) is 0 Å². The van der Waals surface area contributed by atoms with Crippen molar-refractivity contribution >= 4 is 11.8 Å². The van der Waals surface area contributed by atoms with Crippen LogP contribution in [0.3, 0.4) is 0 Å². The standard InChI is InChI=1S/C16H22O4/c1-2-3-9-15(18)10-14(11-17)16(19)20-12-13-7-5-4-6-8-13/h4-8,14,17H,2-3,9-12H2,1H3/t14-/m0/s1. The van der Waals surface area contributed by atoms with Crippen LogP contribution in [0.1, 0.15) is 38.2 Å². The molecule has 20 heavy (non-hydrogen) atoms. The van der Waals surface area contributed by atoms with E-state index in [1.807, 2.05) is 37.3 Å². The zero-order valence-corrected chi connectivity index (χ0v) is 11.9. The second kappa shape index (κ2) is 9.26. The Morgan fingerprint density at radius 1 is 1.25 bits per heavy atom. The summed E-state index contributed by atoms with van der Waals surface area (Å²) < 4.78 is 5.14. The summed E-state index contributed by atoms with van der Waals surface area (Å²) in [6, 6.07) is 9.32. The van der Waals surface area contributed by atoms with E-state index in [9.17, 15) is 14.7 Å². The van der Waals surface area contributed by atoms with Crippen LogP contribution in [0.25, 0.3) is 0 Å². The molecule has 0 fully saturated rings. The van der Waals surface area contributed by atoms with Gasteiger partial charge in [0.2, 0.25) is 0 Å². The maximum absolute atomic E-state index is 11.8. The predicted molar refractivity (Wildman–Crippen MR) is 76.0 cm³/mol. The van der Waals surface area contributed by atoms with Gasteiger partial charge >= 0.3 is 5.97 Å². The highest BCUT2D eigenvalue weighted by atomic mass is 16.5. The van der Waals surface area contributed by atoms with Crippen molar-refractivity contribution in [2.45, 2.75) is 39.2 Å². The molecule has 1 rings (SSSR count). The van der Waals surface area contributed by atoms with Gasteiger partial charge in [-0.1, -0.05) is 43.7 Å². The highest BCUT2D eigenvalue weighted by molar-refractivity contribution is 5.84. The molecule has 0 aliphatic heterocycles. The van der Waals surface area contributed by atoms with Gasteiger partial charge in [0.15, 0.2) is 0 Å². The van der Waals surface area contributed by atoms with E-state index in [-0.39, 0.29) is 25.4 Å². The quantitative estimate of drug-likeness (QED) is 0.705. The van der Waals surface area contributed by atoms with E-state index in [1.54, 1.807) is 0 Å². The molecule has 0 bridgehead atoms. The number of ether oxygens (including phenoxy) is 1. The van der Waals surface area contributed by atoms with Gasteiger partial charge in [-0.2, -0.15) is 0 Å². The molecule has 4 heteroatoms. The summed E-state index contributed by atoms with van der Waals surface area (Å²) in [5.41, 5.74) is 0.884. The van der Waals surface area contributed by atoms with Crippen molar-refractivity contribution in [2.24, 2.45) is 5.92 Å². The highest BCUT2D eigenvalue weighted by Crippen LogP contribution is 2.11. The number of carbonyl (C=O) groups is 2. The van der Waals surface area contributed by atoms with Crippen LogP contribution >= 0.6 is 0 Å². The molecular formula is C16H22O4. The van der Waals surface area contributed by atoms with Crippen LogP contribution in [-0.2, 0) is 20.9 Å². The van der Waals surface area contributed by atoms with E-state index in [1.165, 1.54) is 0 Å². The van der Waals surface area contributed by atoms with Crippen LogP contribution in [0, 0.1) is 5.92 Å². The average molecular weight is 278 g/mol. The number of rotatable bonds is 9. The van der Waals surface area contributed by atoms with Crippen molar-refractivity contribution in [1.29, 1.82) is 0 Å². The van der Waals surface area contributed by atoms with Crippen LogP contribution in [-0.4, -0.2) is 23.5 Å². The second-order valence-electron chi connectivity index (χ2n) is 4.82. The molecule has 110 valence electrons. The molecule has 0 aliphatic carbocycles. The molecule has 0 unspecified atom stereocenters. The number of aliphatic hydroxyl groups is 1. The van der Waals surface area contributed by atoms with Crippen molar-refractivity contribution in [3.8, 4) is 0 Å². The third-order valence-electron chi connectivity index (χ3n) is 3.06. The van der Waals surface area contributed by atoms with Crippen molar-refractivity contribution in [3.63, 3.8) is 0 Å². The summed E-state index contributed by atoms with van der Waals surface area (Å²) in [4.78, 5) is 23.5. The lowest BCUT2D eigenvalue weighted by Crippen LogP contribution is -2.24. The first kappa shape index (κ1) is 16.4. The summed E-state index contributed by atoms with van der Waals surface area (Å²) in [5, 5.41) is 9.21. The van der Waals surface area contributed by atoms with Crippen LogP contribution in [0.2, 0.25) is 0 Å². The molecule has 0 aliphatic rings. The first-order valence-electron chi connectivity index (χ1n) is 7.00. The van der Waals surface area contributed by atoms with Gasteiger partial charge in [0.05, 0.1) is 12.5 Å². The SMILES string of the molecule is CCCCC(=O)C[C@@H](CO)C(=O)OCc1ccccc1. The first-order chi connectivity index (χ1) is 9.67. The van der Waals surface area contributed by atoms with Crippen molar-refractivity contribution < 1.29 is 19.4 Å². The molecular weight excluding hydrogens is 256 g/mol. The van der Waals surface area contributed by atoms with Gasteiger partial charge in [-0.25, -0.2) is 0 Å². The van der Waals surface area contributed by atoms with Gasteiger partial charge in [0, 0.05) is 12.8 Å². The van der Waals surface area contributed by atoms with E-state index >= 15 is 0 Å². The largest absolute Gasteiger partial charge is 0.461 e. The summed E-state index contributed by atoms with van der Waals surface area (Å²) >= 11 is 0. The van der Waals surface area contributed by atoms with Gasteiger partial charge < -0.3 is 9.84 Å². The molecule has 4 nitrogen and oxygen atoms in total. The number of ketones is 1. The zero-order chi connectivity index (χ0) is 14.8. The summed E-state index contributed by atoms with van der Waals surface area (Å²) in [6.07, 6.45) is 2.27. The minimum atomic E-state index is -0.747. The van der Waals surface area contributed by atoms with Gasteiger partial charge in [-0.05, 0) is 12.0 Å². The van der Waals surface area contributed by atoms with E-state index < -0.39 is 11.9 Å². The van der Waals surface area contributed by atoms with Crippen LogP contribution in [0.15, 0.2) is 30.3 Å². The Labute approximate surface area is 119 Å². The van der Waals surface area contributed by atoms with Crippen LogP contribution in [0.5, 0.6) is 0 Å². The molecule has 0 radical (unpaired) electrons. The number of benzene rings is 1. The topological polar surface area (TPSA) is 63.6 Å². The third kappa shape index (κ3) is 5.97. The normalized spacial score (nSPS) is 11.9. The third-order valence-corrected chi connectivity index (χ3v) is 3.06. The maximum atomic E-state index is 11.8. The second-order valence-corrected chi connectivity index (χ2v) is 4.82. The number of unbranched alkanes of at least 4 members (excludes halogenated alkanes) is 1. The number of esters is 1. The Kier molecular flexibility index (Phi) is 7.58. The van der Waals surface area contributed by atoms with Gasteiger partial charge in [0.1, 0.15) is 12.4 Å². The number of aliphatic hydroxyl groups excluding tert-OH is 1. The maximum Gasteiger partial charge on any atom is 0.312 e. The Morgan fingerprint density at radius 3 is 2.55 bits per heavy atom. The smallest absolute Gasteiger partial charge is 0.312 e. The highest BCUT2D eigenvalue weighted by Gasteiger charge is 2.22. The fraction of sp³-hybridized carbons (Fsp3) is 0.500. The number of hydrogen-bond acceptors (Lipinski definition) is 4. The zero-order valence-electron chi connectivity index (χ0n) is 11.9. The Morgan fingerprint density at radius 2 is 1.95 bits per heavy atom. The first-order valence-corrected chi connectivity index (χ1v) is 7.00. The monoisotopic (exact) mass is 278 g/mol. The molecule has 0 saturated carbocycles. The minimum Gasteiger partial charge on any atom is -0.461 e. The molecule has 0 spiro atoms.